The van der Waals surface area contributed by atoms with Gasteiger partial charge in [-0.05, 0) is 23.8 Å². The van der Waals surface area contributed by atoms with E-state index in [1.165, 1.54) is 5.56 Å². The Kier molecular flexibility index (Phi) is 7.09. The van der Waals surface area contributed by atoms with E-state index in [0.717, 1.165) is 38.4 Å². The number of benzene rings is 2. The number of halogens is 1. The summed E-state index contributed by atoms with van der Waals surface area (Å²) < 4.78 is 0. The lowest BCUT2D eigenvalue weighted by Gasteiger charge is -2.33. The zero-order valence-corrected chi connectivity index (χ0v) is 18.0. The smallest absolute Gasteiger partial charge is 0.232 e. The number of aromatic nitrogens is 3. The lowest BCUT2D eigenvalue weighted by atomic mass is 10.2. The van der Waals surface area contributed by atoms with Crippen molar-refractivity contribution in [2.24, 2.45) is 0 Å². The van der Waals surface area contributed by atoms with E-state index in [4.69, 9.17) is 17.3 Å². The van der Waals surface area contributed by atoms with E-state index in [0.29, 0.717) is 23.3 Å². The van der Waals surface area contributed by atoms with Gasteiger partial charge >= 0.3 is 0 Å². The third-order valence-electron chi connectivity index (χ3n) is 5.08. The first-order chi connectivity index (χ1) is 15.1. The minimum atomic E-state index is 0.208. The molecule has 0 radical (unpaired) electrons. The van der Waals surface area contributed by atoms with E-state index >= 15 is 0 Å². The predicted octanol–water partition coefficient (Wildman–Crippen LogP) is 3.68. The van der Waals surface area contributed by atoms with E-state index in [1.54, 1.807) is 0 Å². The van der Waals surface area contributed by atoms with Gasteiger partial charge in [0, 0.05) is 43.4 Å². The van der Waals surface area contributed by atoms with Crippen LogP contribution in [-0.2, 0) is 6.54 Å². The van der Waals surface area contributed by atoms with Crippen molar-refractivity contribution in [3.8, 4) is 0 Å². The Bertz CT molecular complexity index is 1020. The van der Waals surface area contributed by atoms with Crippen molar-refractivity contribution >= 4 is 35.3 Å². The van der Waals surface area contributed by atoms with E-state index < -0.39 is 0 Å². The molecule has 1 aliphatic heterocycles. The largest absolute Gasteiger partial charge is 0.368 e. The number of hydrogen-bond acceptors (Lipinski definition) is 7. The van der Waals surface area contributed by atoms with Crippen molar-refractivity contribution in [3.63, 3.8) is 0 Å². The summed E-state index contributed by atoms with van der Waals surface area (Å²) in [5.74, 6) is 1.29. The van der Waals surface area contributed by atoms with Gasteiger partial charge in [-0.15, -0.1) is 0 Å². The maximum absolute atomic E-state index is 6.04. The van der Waals surface area contributed by atoms with Crippen LogP contribution in [0.25, 0.3) is 6.08 Å². The molecule has 7 nitrogen and oxygen atoms in total. The van der Waals surface area contributed by atoms with Gasteiger partial charge in [-0.3, -0.25) is 9.80 Å². The van der Waals surface area contributed by atoms with Gasteiger partial charge in [0.1, 0.15) is 5.82 Å². The fraction of sp³-hybridized carbons (Fsp3) is 0.261. The molecule has 160 valence electrons. The average molecular weight is 436 g/mol. The molecule has 1 aromatic heterocycles. The normalized spacial score (nSPS) is 15.4. The first kappa shape index (κ1) is 21.2. The second-order valence-corrected chi connectivity index (χ2v) is 7.90. The summed E-state index contributed by atoms with van der Waals surface area (Å²) in [6, 6.07) is 17.8. The number of hydrogen-bond donors (Lipinski definition) is 2. The highest BCUT2D eigenvalue weighted by molar-refractivity contribution is 6.30. The van der Waals surface area contributed by atoms with Gasteiger partial charge in [0.2, 0.25) is 11.9 Å². The van der Waals surface area contributed by atoms with Crippen molar-refractivity contribution in [2.45, 2.75) is 6.54 Å². The number of nitrogens with one attached hydrogen (secondary N) is 1. The summed E-state index contributed by atoms with van der Waals surface area (Å²) in [6.07, 6.45) is 4.40. The fourth-order valence-corrected chi connectivity index (χ4v) is 3.68. The van der Waals surface area contributed by atoms with Crippen LogP contribution in [0.3, 0.4) is 0 Å². The summed E-state index contributed by atoms with van der Waals surface area (Å²) in [4.78, 5) is 17.8. The second kappa shape index (κ2) is 10.3. The molecule has 0 atom stereocenters. The maximum atomic E-state index is 6.04. The number of piperazine rings is 1. The molecule has 0 aliphatic carbocycles. The molecule has 2 aromatic carbocycles. The Morgan fingerprint density at radius 1 is 0.935 bits per heavy atom. The van der Waals surface area contributed by atoms with Crippen LogP contribution < -0.4 is 11.1 Å². The zero-order chi connectivity index (χ0) is 21.5. The number of anilines is 3. The third kappa shape index (κ3) is 6.49. The van der Waals surface area contributed by atoms with Crippen LogP contribution in [0.2, 0.25) is 5.02 Å². The molecule has 31 heavy (non-hydrogen) atoms. The van der Waals surface area contributed by atoms with Crippen LogP contribution in [0.4, 0.5) is 17.6 Å². The van der Waals surface area contributed by atoms with Gasteiger partial charge in [-0.1, -0.05) is 60.2 Å². The SMILES string of the molecule is Nc1nc(CN2CCN(CC=Cc3ccccc3)CC2)nc(Nc2cccc(Cl)c2)n1. The monoisotopic (exact) mass is 435 g/mol. The van der Waals surface area contributed by atoms with Crippen LogP contribution in [0.1, 0.15) is 11.4 Å². The van der Waals surface area contributed by atoms with Gasteiger partial charge in [0.25, 0.3) is 0 Å². The molecular formula is C23H26ClN7. The quantitative estimate of drug-likeness (QED) is 0.585. The van der Waals surface area contributed by atoms with E-state index in [2.05, 4.69) is 66.5 Å². The molecule has 4 rings (SSSR count). The first-order valence-corrected chi connectivity index (χ1v) is 10.7. The number of nitrogens with zero attached hydrogens (tertiary/aromatic N) is 5. The Morgan fingerprint density at radius 2 is 1.71 bits per heavy atom. The number of nitrogen functional groups attached to an aromatic ring is 1. The minimum absolute atomic E-state index is 0.208. The summed E-state index contributed by atoms with van der Waals surface area (Å²) in [5.41, 5.74) is 7.95. The van der Waals surface area contributed by atoms with Crippen molar-refractivity contribution < 1.29 is 0 Å². The predicted molar refractivity (Wildman–Crippen MR) is 126 cm³/mol. The molecule has 0 spiro atoms. The summed E-state index contributed by atoms with van der Waals surface area (Å²) in [7, 11) is 0. The van der Waals surface area contributed by atoms with Crippen molar-refractivity contribution in [1.82, 2.24) is 24.8 Å². The molecule has 0 unspecified atom stereocenters. The van der Waals surface area contributed by atoms with Gasteiger partial charge in [0.15, 0.2) is 0 Å². The molecule has 1 fully saturated rings. The topological polar surface area (TPSA) is 83.2 Å². The summed E-state index contributed by atoms with van der Waals surface area (Å²) in [6.45, 7) is 5.53. The van der Waals surface area contributed by atoms with Crippen LogP contribution in [0.5, 0.6) is 0 Å². The summed E-state index contributed by atoms with van der Waals surface area (Å²) in [5, 5.41) is 3.79. The minimum Gasteiger partial charge on any atom is -0.368 e. The van der Waals surface area contributed by atoms with Crippen molar-refractivity contribution in [1.29, 1.82) is 0 Å². The Labute approximate surface area is 187 Å². The highest BCUT2D eigenvalue weighted by Gasteiger charge is 2.17. The third-order valence-corrected chi connectivity index (χ3v) is 5.32. The van der Waals surface area contributed by atoms with Crippen molar-refractivity contribution in [3.05, 3.63) is 77.1 Å². The molecule has 0 amide bonds. The standard InChI is InChI=1S/C23H26ClN7/c24-19-9-4-10-20(16-19)26-23-28-21(27-22(25)29-23)17-31-14-12-30(13-15-31)11-5-8-18-6-2-1-3-7-18/h1-10,16H,11-15,17H2,(H3,25,26,27,28,29). The van der Waals surface area contributed by atoms with Crippen LogP contribution in [0.15, 0.2) is 60.7 Å². The van der Waals surface area contributed by atoms with Gasteiger partial charge in [-0.25, -0.2) is 0 Å². The van der Waals surface area contributed by atoms with Gasteiger partial charge < -0.3 is 11.1 Å². The zero-order valence-electron chi connectivity index (χ0n) is 17.3. The highest BCUT2D eigenvalue weighted by atomic mass is 35.5. The van der Waals surface area contributed by atoms with E-state index in [9.17, 15) is 0 Å². The number of nitrogens with two attached hydrogens (primary N) is 1. The summed E-state index contributed by atoms with van der Waals surface area (Å²) >= 11 is 6.04. The Morgan fingerprint density at radius 3 is 2.48 bits per heavy atom. The number of rotatable bonds is 7. The molecule has 1 saturated heterocycles. The fourth-order valence-electron chi connectivity index (χ4n) is 3.49. The van der Waals surface area contributed by atoms with Gasteiger partial charge in [-0.2, -0.15) is 15.0 Å². The maximum Gasteiger partial charge on any atom is 0.232 e. The molecule has 3 N–H and O–H groups in total. The Balaban J connectivity index is 1.29. The van der Waals surface area contributed by atoms with E-state index in [-0.39, 0.29) is 5.95 Å². The highest BCUT2D eigenvalue weighted by Crippen LogP contribution is 2.18. The average Bonchev–Trinajstić information content (AvgIpc) is 2.75. The Hall–Kier alpha value is -3.00. The first-order valence-electron chi connectivity index (χ1n) is 10.3. The molecule has 1 aliphatic rings. The van der Waals surface area contributed by atoms with Crippen molar-refractivity contribution in [2.75, 3.05) is 43.8 Å². The molecular weight excluding hydrogens is 410 g/mol. The van der Waals surface area contributed by atoms with Gasteiger partial charge in [0.05, 0.1) is 6.54 Å². The second-order valence-electron chi connectivity index (χ2n) is 7.46. The molecule has 3 aromatic rings. The lowest BCUT2D eigenvalue weighted by molar-refractivity contribution is 0.134. The lowest BCUT2D eigenvalue weighted by Crippen LogP contribution is -2.46. The van der Waals surface area contributed by atoms with Crippen LogP contribution in [-0.4, -0.2) is 57.5 Å². The molecule has 0 bridgehead atoms. The van der Waals surface area contributed by atoms with E-state index in [1.807, 2.05) is 30.3 Å². The molecule has 2 heterocycles. The molecule has 8 heteroatoms. The van der Waals surface area contributed by atoms with Crippen LogP contribution >= 0.6 is 11.6 Å². The van der Waals surface area contributed by atoms with Crippen LogP contribution in [0, 0.1) is 0 Å². The molecule has 0 saturated carbocycles.